The highest BCUT2D eigenvalue weighted by Crippen LogP contribution is 2.21. The molecule has 0 atom stereocenters. The zero-order valence-corrected chi connectivity index (χ0v) is 13.9. The van der Waals surface area contributed by atoms with Crippen molar-refractivity contribution in [1.82, 2.24) is 9.44 Å². The Kier molecular flexibility index (Phi) is 6.04. The third kappa shape index (κ3) is 5.81. The average Bonchev–Trinajstić information content (AvgIpc) is 2.76. The minimum absolute atomic E-state index is 0.122. The zero-order chi connectivity index (χ0) is 15.4. The quantitative estimate of drug-likeness (QED) is 0.430. The van der Waals surface area contributed by atoms with E-state index in [2.05, 4.69) is 9.44 Å². The van der Waals surface area contributed by atoms with Crippen molar-refractivity contribution in [2.75, 3.05) is 19.3 Å². The highest BCUT2D eigenvalue weighted by Gasteiger charge is 2.16. The fourth-order valence-corrected chi connectivity index (χ4v) is 4.21. The van der Waals surface area contributed by atoms with Gasteiger partial charge in [0.15, 0.2) is 0 Å². The second-order valence-corrected chi connectivity index (χ2v) is 9.25. The summed E-state index contributed by atoms with van der Waals surface area (Å²) in [6, 6.07) is 2.98. The minimum Gasteiger partial charge on any atom is -0.389 e. The standard InChI is InChI=1S/C9H15N3O4S4/c1-19(13,14)11-5-2-6-12-20(15,16)8-4-3-7(18-8)9(10)17/h3-4,11-12H,2,5-6H2,1H3,(H2,10,17). The van der Waals surface area contributed by atoms with Gasteiger partial charge in [-0.3, -0.25) is 0 Å². The summed E-state index contributed by atoms with van der Waals surface area (Å²) in [5.74, 6) is 0. The molecule has 0 bridgehead atoms. The highest BCUT2D eigenvalue weighted by molar-refractivity contribution is 7.91. The Hall–Kier alpha value is -0.590. The Morgan fingerprint density at radius 2 is 1.85 bits per heavy atom. The lowest BCUT2D eigenvalue weighted by molar-refractivity contribution is 0.576. The van der Waals surface area contributed by atoms with Crippen molar-refractivity contribution in [2.24, 2.45) is 5.73 Å². The summed E-state index contributed by atoms with van der Waals surface area (Å²) < 4.78 is 50.2. The van der Waals surface area contributed by atoms with Crippen LogP contribution in [0, 0.1) is 0 Å². The average molecular weight is 358 g/mol. The first-order chi connectivity index (χ1) is 9.12. The third-order valence-electron chi connectivity index (χ3n) is 2.10. The van der Waals surface area contributed by atoms with Gasteiger partial charge >= 0.3 is 0 Å². The molecule has 4 N–H and O–H groups in total. The van der Waals surface area contributed by atoms with Crippen LogP contribution in [0.2, 0.25) is 0 Å². The number of sulfonamides is 2. The van der Waals surface area contributed by atoms with Gasteiger partial charge in [-0.15, -0.1) is 11.3 Å². The maximum absolute atomic E-state index is 11.9. The van der Waals surface area contributed by atoms with E-state index in [1.54, 1.807) is 6.07 Å². The number of thiocarbonyl (C=S) groups is 1. The normalized spacial score (nSPS) is 12.4. The summed E-state index contributed by atoms with van der Waals surface area (Å²) in [6.45, 7) is 0.301. The van der Waals surface area contributed by atoms with Crippen LogP contribution in [0.5, 0.6) is 0 Å². The molecule has 20 heavy (non-hydrogen) atoms. The van der Waals surface area contributed by atoms with Gasteiger partial charge in [-0.05, 0) is 18.6 Å². The number of nitrogens with two attached hydrogens (primary N) is 1. The smallest absolute Gasteiger partial charge is 0.250 e. The second-order valence-electron chi connectivity index (χ2n) is 3.90. The van der Waals surface area contributed by atoms with E-state index in [1.165, 1.54) is 6.07 Å². The SMILES string of the molecule is CS(=O)(=O)NCCCNS(=O)(=O)c1ccc(C(N)=S)s1. The summed E-state index contributed by atoms with van der Waals surface area (Å²) in [5, 5.41) is 0. The van der Waals surface area contributed by atoms with Gasteiger partial charge in [-0.2, -0.15) is 0 Å². The lowest BCUT2D eigenvalue weighted by Crippen LogP contribution is -2.29. The van der Waals surface area contributed by atoms with Gasteiger partial charge in [0.2, 0.25) is 20.0 Å². The zero-order valence-electron chi connectivity index (χ0n) is 10.6. The first kappa shape index (κ1) is 17.5. The molecule has 11 heteroatoms. The Morgan fingerprint density at radius 1 is 1.25 bits per heavy atom. The first-order valence-electron chi connectivity index (χ1n) is 5.46. The third-order valence-corrected chi connectivity index (χ3v) is 6.25. The van der Waals surface area contributed by atoms with E-state index >= 15 is 0 Å². The van der Waals surface area contributed by atoms with Gasteiger partial charge in [-0.25, -0.2) is 26.3 Å². The molecule has 1 rings (SSSR count). The van der Waals surface area contributed by atoms with E-state index in [1.807, 2.05) is 0 Å². The van der Waals surface area contributed by atoms with Crippen LogP contribution >= 0.6 is 23.6 Å². The van der Waals surface area contributed by atoms with E-state index in [0.717, 1.165) is 17.6 Å². The van der Waals surface area contributed by atoms with E-state index in [4.69, 9.17) is 18.0 Å². The molecule has 0 fully saturated rings. The maximum atomic E-state index is 11.9. The van der Waals surface area contributed by atoms with Crippen LogP contribution in [0.25, 0.3) is 0 Å². The van der Waals surface area contributed by atoms with Crippen molar-refractivity contribution >= 4 is 48.6 Å². The Labute approximate surface area is 127 Å². The van der Waals surface area contributed by atoms with Gasteiger partial charge in [-0.1, -0.05) is 12.2 Å². The monoisotopic (exact) mass is 357 g/mol. The van der Waals surface area contributed by atoms with Crippen molar-refractivity contribution in [3.63, 3.8) is 0 Å². The molecule has 114 valence electrons. The summed E-state index contributed by atoms with van der Waals surface area (Å²) >= 11 is 5.75. The molecule has 0 saturated heterocycles. The van der Waals surface area contributed by atoms with Gasteiger partial charge < -0.3 is 5.73 Å². The van der Waals surface area contributed by atoms with Crippen LogP contribution < -0.4 is 15.2 Å². The van der Waals surface area contributed by atoms with Crippen molar-refractivity contribution in [3.8, 4) is 0 Å². The second kappa shape index (κ2) is 6.91. The molecule has 0 amide bonds. The largest absolute Gasteiger partial charge is 0.389 e. The summed E-state index contributed by atoms with van der Waals surface area (Å²) in [5.41, 5.74) is 5.41. The van der Waals surface area contributed by atoms with Crippen LogP contribution in [0.3, 0.4) is 0 Å². The molecule has 0 unspecified atom stereocenters. The maximum Gasteiger partial charge on any atom is 0.250 e. The molecule has 0 aliphatic heterocycles. The van der Waals surface area contributed by atoms with E-state index < -0.39 is 20.0 Å². The molecular formula is C9H15N3O4S4. The van der Waals surface area contributed by atoms with E-state index in [9.17, 15) is 16.8 Å². The first-order valence-corrected chi connectivity index (χ1v) is 10.1. The summed E-state index contributed by atoms with van der Waals surface area (Å²) in [4.78, 5) is 0.674. The van der Waals surface area contributed by atoms with Gasteiger partial charge in [0.05, 0.1) is 11.1 Å². The van der Waals surface area contributed by atoms with Crippen molar-refractivity contribution in [1.29, 1.82) is 0 Å². The summed E-state index contributed by atoms with van der Waals surface area (Å²) in [7, 11) is -6.86. The topological polar surface area (TPSA) is 118 Å². The highest BCUT2D eigenvalue weighted by atomic mass is 32.2. The van der Waals surface area contributed by atoms with Crippen LogP contribution in [0.1, 0.15) is 11.3 Å². The van der Waals surface area contributed by atoms with Crippen LogP contribution in [0.15, 0.2) is 16.3 Å². The molecule has 1 heterocycles. The van der Waals surface area contributed by atoms with Gasteiger partial charge in [0.25, 0.3) is 0 Å². The number of thiophene rings is 1. The molecule has 7 nitrogen and oxygen atoms in total. The number of rotatable bonds is 8. The number of nitrogens with one attached hydrogen (secondary N) is 2. The molecule has 1 aromatic rings. The van der Waals surface area contributed by atoms with Crippen LogP contribution in [0.4, 0.5) is 0 Å². The van der Waals surface area contributed by atoms with Crippen LogP contribution in [-0.2, 0) is 20.0 Å². The Morgan fingerprint density at radius 3 is 2.35 bits per heavy atom. The molecule has 0 saturated carbocycles. The molecule has 0 aromatic carbocycles. The molecule has 0 radical (unpaired) electrons. The number of hydrogen-bond acceptors (Lipinski definition) is 6. The van der Waals surface area contributed by atoms with Crippen molar-refractivity contribution < 1.29 is 16.8 Å². The minimum atomic E-state index is -3.61. The predicted octanol–water partition coefficient (Wildman–Crippen LogP) is -0.400. The molecule has 0 aliphatic rings. The predicted molar refractivity (Wildman–Crippen MR) is 82.9 cm³/mol. The molecule has 0 aliphatic carbocycles. The lowest BCUT2D eigenvalue weighted by Gasteiger charge is -2.05. The van der Waals surface area contributed by atoms with Crippen molar-refractivity contribution in [3.05, 3.63) is 17.0 Å². The fraction of sp³-hybridized carbons (Fsp3) is 0.444. The van der Waals surface area contributed by atoms with E-state index in [-0.39, 0.29) is 22.3 Å². The Bertz CT molecular complexity index is 678. The van der Waals surface area contributed by atoms with Gasteiger partial charge in [0, 0.05) is 13.1 Å². The molecule has 0 spiro atoms. The van der Waals surface area contributed by atoms with Crippen molar-refractivity contribution in [2.45, 2.75) is 10.6 Å². The van der Waals surface area contributed by atoms with Gasteiger partial charge in [0.1, 0.15) is 9.20 Å². The Balaban J connectivity index is 2.51. The lowest BCUT2D eigenvalue weighted by atomic mass is 10.4. The molecule has 1 aromatic heterocycles. The van der Waals surface area contributed by atoms with E-state index in [0.29, 0.717) is 11.3 Å². The summed E-state index contributed by atoms with van der Waals surface area (Å²) in [6.07, 6.45) is 1.39. The van der Waals surface area contributed by atoms with Crippen LogP contribution in [-0.4, -0.2) is 41.2 Å². The fourth-order valence-electron chi connectivity index (χ4n) is 1.22. The number of hydrogen-bond donors (Lipinski definition) is 3. The molecular weight excluding hydrogens is 342 g/mol.